The van der Waals surface area contributed by atoms with Gasteiger partial charge in [0.05, 0.1) is 5.02 Å². The molecule has 1 aromatic heterocycles. The third kappa shape index (κ3) is 4.84. The number of amides is 1. The summed E-state index contributed by atoms with van der Waals surface area (Å²) < 4.78 is 0. The Morgan fingerprint density at radius 2 is 1.98 bits per heavy atom. The molecule has 6 nitrogen and oxygen atoms in total. The molecule has 0 radical (unpaired) electrons. The maximum Gasteiger partial charge on any atom is 0.270 e. The van der Waals surface area contributed by atoms with Crippen LogP contribution in [0.1, 0.15) is 47.8 Å². The number of likely N-dealkylation sites (tertiary alicyclic amines) is 2. The van der Waals surface area contributed by atoms with Crippen LogP contribution in [0, 0.1) is 17.8 Å². The lowest BCUT2D eigenvalue weighted by Crippen LogP contribution is -2.52. The van der Waals surface area contributed by atoms with Crippen molar-refractivity contribution < 1.29 is 9.59 Å². The van der Waals surface area contributed by atoms with Crippen LogP contribution < -0.4 is 5.32 Å². The SMILES string of the molecule is C=Cc1ccc2c(c1)NCC21CCN(CC(C=O)C2CCN(C(=O)c3cc4c(Cl)cc(Cl)cc4[nH]3)CC2)CC1C. The fraction of sp³-hybridized carbons (Fsp3) is 0.438. The number of hydrogen-bond donors (Lipinski definition) is 2. The highest BCUT2D eigenvalue weighted by molar-refractivity contribution is 6.38. The quantitative estimate of drug-likeness (QED) is 0.328. The molecule has 0 aliphatic carbocycles. The zero-order chi connectivity index (χ0) is 28.0. The van der Waals surface area contributed by atoms with Crippen LogP contribution >= 0.6 is 23.2 Å². The van der Waals surface area contributed by atoms with Gasteiger partial charge < -0.3 is 24.9 Å². The summed E-state index contributed by atoms with van der Waals surface area (Å²) in [6.45, 7) is 11.3. The topological polar surface area (TPSA) is 68.4 Å². The fourth-order valence-corrected chi connectivity index (χ4v) is 7.83. The van der Waals surface area contributed by atoms with E-state index < -0.39 is 0 Å². The lowest BCUT2D eigenvalue weighted by molar-refractivity contribution is -0.114. The second-order valence-corrected chi connectivity index (χ2v) is 12.7. The molecule has 3 aliphatic heterocycles. The Morgan fingerprint density at radius 1 is 1.18 bits per heavy atom. The first kappa shape index (κ1) is 27.4. The van der Waals surface area contributed by atoms with Gasteiger partial charge in [0.1, 0.15) is 12.0 Å². The highest BCUT2D eigenvalue weighted by Crippen LogP contribution is 2.47. The summed E-state index contributed by atoms with van der Waals surface area (Å²) in [6, 6.07) is 11.9. The van der Waals surface area contributed by atoms with Crippen molar-refractivity contribution in [3.05, 3.63) is 69.8 Å². The summed E-state index contributed by atoms with van der Waals surface area (Å²) in [5.74, 6) is 0.716. The highest BCUT2D eigenvalue weighted by Gasteiger charge is 2.46. The Morgan fingerprint density at radius 3 is 2.70 bits per heavy atom. The zero-order valence-corrected chi connectivity index (χ0v) is 24.4. The minimum Gasteiger partial charge on any atom is -0.384 e. The van der Waals surface area contributed by atoms with Gasteiger partial charge in [-0.05, 0) is 73.0 Å². The van der Waals surface area contributed by atoms with Gasteiger partial charge in [0.15, 0.2) is 0 Å². The average Bonchev–Trinajstić information content (AvgIpc) is 3.56. The van der Waals surface area contributed by atoms with Gasteiger partial charge in [-0.2, -0.15) is 0 Å². The number of aromatic nitrogens is 1. The number of nitrogens with one attached hydrogen (secondary N) is 2. The maximum atomic E-state index is 13.2. The fourth-order valence-electron chi connectivity index (χ4n) is 7.28. The van der Waals surface area contributed by atoms with Gasteiger partial charge in [-0.1, -0.05) is 54.9 Å². The molecule has 4 heterocycles. The van der Waals surface area contributed by atoms with E-state index in [-0.39, 0.29) is 23.2 Å². The van der Waals surface area contributed by atoms with E-state index in [1.807, 2.05) is 11.0 Å². The third-order valence-corrected chi connectivity index (χ3v) is 10.2. The van der Waals surface area contributed by atoms with E-state index in [9.17, 15) is 9.59 Å². The first-order valence-corrected chi connectivity index (χ1v) is 15.0. The number of fused-ring (bicyclic) bond motifs is 3. The standard InChI is InChI=1S/C32H36Cl2N4O2/c1-3-21-4-5-26-29(12-21)35-19-32(26)8-11-37(16-20(32)2)17-23(18-39)22-6-9-38(10-7-22)31(40)30-15-25-27(34)13-24(33)14-28(25)36-30/h3-5,12-15,18,20,22-23,35-36H,1,6-11,16-17,19H2,2H3. The predicted octanol–water partition coefficient (Wildman–Crippen LogP) is 6.49. The molecule has 2 aromatic carbocycles. The molecule has 2 N–H and O–H groups in total. The Balaban J connectivity index is 1.06. The lowest BCUT2D eigenvalue weighted by Gasteiger charge is -2.46. The Labute approximate surface area is 245 Å². The van der Waals surface area contributed by atoms with Gasteiger partial charge in [0, 0.05) is 65.7 Å². The van der Waals surface area contributed by atoms with E-state index in [4.69, 9.17) is 23.2 Å². The van der Waals surface area contributed by atoms with Crippen molar-refractivity contribution in [2.75, 3.05) is 44.6 Å². The van der Waals surface area contributed by atoms with E-state index >= 15 is 0 Å². The van der Waals surface area contributed by atoms with Gasteiger partial charge in [0.25, 0.3) is 5.91 Å². The van der Waals surface area contributed by atoms with Gasteiger partial charge in [-0.15, -0.1) is 0 Å². The van der Waals surface area contributed by atoms with Crippen molar-refractivity contribution in [2.45, 2.75) is 31.6 Å². The molecular weight excluding hydrogens is 543 g/mol. The highest BCUT2D eigenvalue weighted by atomic mass is 35.5. The van der Waals surface area contributed by atoms with Crippen LogP contribution in [0.5, 0.6) is 0 Å². The normalized spacial score (nSPS) is 24.2. The largest absolute Gasteiger partial charge is 0.384 e. The predicted molar refractivity (Wildman–Crippen MR) is 163 cm³/mol. The van der Waals surface area contributed by atoms with Gasteiger partial charge in [0.2, 0.25) is 0 Å². The summed E-state index contributed by atoms with van der Waals surface area (Å²) in [6.07, 6.45) is 5.80. The van der Waals surface area contributed by atoms with Crippen LogP contribution in [0.2, 0.25) is 10.0 Å². The first-order chi connectivity index (χ1) is 19.3. The molecule has 2 saturated heterocycles. The molecule has 40 heavy (non-hydrogen) atoms. The Bertz CT molecular complexity index is 1460. The molecule has 2 fully saturated rings. The number of benzene rings is 2. The monoisotopic (exact) mass is 578 g/mol. The van der Waals surface area contributed by atoms with E-state index in [1.54, 1.807) is 18.2 Å². The lowest BCUT2D eigenvalue weighted by atomic mass is 9.67. The molecule has 8 heteroatoms. The van der Waals surface area contributed by atoms with Gasteiger partial charge in [-0.3, -0.25) is 4.79 Å². The molecule has 3 unspecified atom stereocenters. The van der Waals surface area contributed by atoms with Crippen molar-refractivity contribution in [1.29, 1.82) is 0 Å². The molecule has 6 rings (SSSR count). The summed E-state index contributed by atoms with van der Waals surface area (Å²) in [4.78, 5) is 33.1. The number of piperidine rings is 2. The van der Waals surface area contributed by atoms with Crippen LogP contribution in [-0.4, -0.2) is 66.2 Å². The minimum atomic E-state index is -0.0367. The van der Waals surface area contributed by atoms with Crippen molar-refractivity contribution in [1.82, 2.24) is 14.8 Å². The van der Waals surface area contributed by atoms with E-state index in [0.29, 0.717) is 34.7 Å². The summed E-state index contributed by atoms with van der Waals surface area (Å²) in [7, 11) is 0. The van der Waals surface area contributed by atoms with Crippen LogP contribution in [0.15, 0.2) is 43.0 Å². The van der Waals surface area contributed by atoms with Crippen molar-refractivity contribution in [2.24, 2.45) is 17.8 Å². The second-order valence-electron chi connectivity index (χ2n) is 11.9. The molecular formula is C32H36Cl2N4O2. The molecule has 1 amide bonds. The Kier molecular flexibility index (Phi) is 7.45. The molecule has 3 aromatic rings. The van der Waals surface area contributed by atoms with Crippen molar-refractivity contribution in [3.63, 3.8) is 0 Å². The molecule has 0 bridgehead atoms. The second kappa shape index (κ2) is 10.9. The van der Waals surface area contributed by atoms with Gasteiger partial charge >= 0.3 is 0 Å². The molecule has 3 aliphatic rings. The number of carbonyl (C=O) groups excluding carboxylic acids is 2. The van der Waals surface area contributed by atoms with Crippen LogP contribution in [0.4, 0.5) is 5.69 Å². The zero-order valence-electron chi connectivity index (χ0n) is 22.9. The Hall–Kier alpha value is -2.80. The number of rotatable bonds is 6. The van der Waals surface area contributed by atoms with E-state index in [0.717, 1.165) is 68.2 Å². The number of halogens is 2. The number of anilines is 1. The number of nitrogens with zero attached hydrogens (tertiary/aromatic N) is 2. The van der Waals surface area contributed by atoms with Crippen LogP contribution in [0.3, 0.4) is 0 Å². The number of aldehydes is 1. The molecule has 1 spiro atoms. The van der Waals surface area contributed by atoms with Crippen LogP contribution in [0.25, 0.3) is 17.0 Å². The van der Waals surface area contributed by atoms with Gasteiger partial charge in [-0.25, -0.2) is 0 Å². The van der Waals surface area contributed by atoms with Crippen molar-refractivity contribution in [3.8, 4) is 0 Å². The van der Waals surface area contributed by atoms with Crippen LogP contribution in [-0.2, 0) is 10.2 Å². The maximum absolute atomic E-state index is 13.2. The number of carbonyl (C=O) groups is 2. The summed E-state index contributed by atoms with van der Waals surface area (Å²) >= 11 is 12.4. The summed E-state index contributed by atoms with van der Waals surface area (Å²) in [5, 5.41) is 5.50. The molecule has 210 valence electrons. The van der Waals surface area contributed by atoms with E-state index in [1.165, 1.54) is 11.3 Å². The molecule has 3 atom stereocenters. The molecule has 0 saturated carbocycles. The summed E-state index contributed by atoms with van der Waals surface area (Å²) in [5.41, 5.74) is 5.23. The number of aromatic amines is 1. The average molecular weight is 580 g/mol. The minimum absolute atomic E-state index is 0.0170. The van der Waals surface area contributed by atoms with Crippen molar-refractivity contribution >= 4 is 58.1 Å². The smallest absolute Gasteiger partial charge is 0.270 e. The number of H-pyrrole nitrogens is 1. The number of hydrogen-bond acceptors (Lipinski definition) is 4. The van der Waals surface area contributed by atoms with E-state index in [2.05, 4.69) is 46.9 Å². The third-order valence-electron chi connectivity index (χ3n) is 9.72. The first-order valence-electron chi connectivity index (χ1n) is 14.3.